The molecule has 0 aliphatic heterocycles. The topological polar surface area (TPSA) is 32.6 Å². The van der Waals surface area contributed by atoms with Gasteiger partial charge in [-0.1, -0.05) is 64.2 Å². The third-order valence-corrected chi connectivity index (χ3v) is 4.20. The van der Waals surface area contributed by atoms with Gasteiger partial charge in [0, 0.05) is 0 Å². The zero-order valence-corrected chi connectivity index (χ0v) is 12.0. The molecule has 0 saturated heterocycles. The fraction of sp³-hybridized carbons (Fsp3) is 0.938. The maximum absolute atomic E-state index is 10.3. The largest absolute Gasteiger partial charge is 0.369 e. The van der Waals surface area contributed by atoms with Crippen LogP contribution >= 0.6 is 0 Å². The Morgan fingerprint density at radius 3 is 1.17 bits per heavy atom. The Bertz CT molecular complexity index is 199. The van der Waals surface area contributed by atoms with Crippen LogP contribution in [0, 0.1) is 0 Å². The number of aliphatic hydroxyl groups is 1. The SMILES string of the molecule is C=NC1(O)CCCCCCCCCCCCCC1. The molecule has 0 unspecified atom stereocenters. The molecular formula is C16H31NO. The molecule has 0 aromatic heterocycles. The average Bonchev–Trinajstić information content (AvgIpc) is 2.39. The normalized spacial score (nSPS) is 24.7. The van der Waals surface area contributed by atoms with E-state index < -0.39 is 5.72 Å². The molecule has 1 aliphatic carbocycles. The highest BCUT2D eigenvalue weighted by molar-refractivity contribution is 5.25. The summed E-state index contributed by atoms with van der Waals surface area (Å²) in [4.78, 5) is 3.97. The van der Waals surface area contributed by atoms with E-state index in [-0.39, 0.29) is 0 Å². The summed E-state index contributed by atoms with van der Waals surface area (Å²) in [5.41, 5.74) is -0.833. The third-order valence-electron chi connectivity index (χ3n) is 4.20. The molecule has 2 nitrogen and oxygen atoms in total. The number of hydrogen-bond donors (Lipinski definition) is 1. The zero-order valence-electron chi connectivity index (χ0n) is 12.0. The minimum absolute atomic E-state index is 0.802. The minimum atomic E-state index is -0.833. The van der Waals surface area contributed by atoms with Gasteiger partial charge in [0.2, 0.25) is 0 Å². The highest BCUT2D eigenvalue weighted by atomic mass is 16.3. The molecule has 0 amide bonds. The van der Waals surface area contributed by atoms with Gasteiger partial charge >= 0.3 is 0 Å². The van der Waals surface area contributed by atoms with Gasteiger partial charge in [-0.05, 0) is 32.4 Å². The second-order valence-corrected chi connectivity index (χ2v) is 5.88. The maximum atomic E-state index is 10.3. The molecule has 0 spiro atoms. The molecule has 0 heterocycles. The standard InChI is InChI=1S/C16H31NO/c1-17-16(18)14-12-10-8-6-4-2-3-5-7-9-11-13-15-16/h18H,1-15H2. The van der Waals surface area contributed by atoms with Crippen molar-refractivity contribution in [1.29, 1.82) is 0 Å². The Morgan fingerprint density at radius 2 is 0.889 bits per heavy atom. The first kappa shape index (κ1) is 15.7. The Morgan fingerprint density at radius 1 is 0.611 bits per heavy atom. The van der Waals surface area contributed by atoms with Crippen LogP contribution in [0.1, 0.15) is 89.9 Å². The van der Waals surface area contributed by atoms with Gasteiger partial charge in [0.05, 0.1) is 0 Å². The molecule has 1 N–H and O–H groups in total. The van der Waals surface area contributed by atoms with Gasteiger partial charge in [-0.3, -0.25) is 4.99 Å². The fourth-order valence-electron chi connectivity index (χ4n) is 2.87. The lowest BCUT2D eigenvalue weighted by atomic mass is 9.98. The van der Waals surface area contributed by atoms with Crippen molar-refractivity contribution in [1.82, 2.24) is 0 Å². The lowest BCUT2D eigenvalue weighted by molar-refractivity contribution is 0.0277. The van der Waals surface area contributed by atoms with Crippen LogP contribution in [0.3, 0.4) is 0 Å². The molecule has 1 saturated carbocycles. The van der Waals surface area contributed by atoms with Crippen molar-refractivity contribution in [2.75, 3.05) is 0 Å². The van der Waals surface area contributed by atoms with Gasteiger partial charge in [-0.15, -0.1) is 0 Å². The second-order valence-electron chi connectivity index (χ2n) is 5.88. The number of nitrogens with zero attached hydrogens (tertiary/aromatic N) is 1. The summed E-state index contributed by atoms with van der Waals surface area (Å²) in [7, 11) is 0. The molecule has 1 rings (SSSR count). The van der Waals surface area contributed by atoms with E-state index >= 15 is 0 Å². The Kier molecular flexibility index (Phi) is 8.32. The van der Waals surface area contributed by atoms with Crippen molar-refractivity contribution in [3.05, 3.63) is 0 Å². The predicted molar refractivity (Wildman–Crippen MR) is 79.1 cm³/mol. The summed E-state index contributed by atoms with van der Waals surface area (Å²) in [6, 6.07) is 0. The van der Waals surface area contributed by atoms with Crippen LogP contribution in [0.4, 0.5) is 0 Å². The van der Waals surface area contributed by atoms with E-state index in [4.69, 9.17) is 0 Å². The van der Waals surface area contributed by atoms with Crippen LogP contribution < -0.4 is 0 Å². The van der Waals surface area contributed by atoms with Crippen molar-refractivity contribution in [2.24, 2.45) is 4.99 Å². The monoisotopic (exact) mass is 253 g/mol. The Balaban J connectivity index is 2.31. The van der Waals surface area contributed by atoms with E-state index in [0.29, 0.717) is 0 Å². The summed E-state index contributed by atoms with van der Waals surface area (Å²) >= 11 is 0. The van der Waals surface area contributed by atoms with Crippen LogP contribution in [-0.2, 0) is 0 Å². The second kappa shape index (κ2) is 9.55. The summed E-state index contributed by atoms with van der Waals surface area (Å²) in [6.45, 7) is 3.57. The molecule has 2 heteroatoms. The molecular weight excluding hydrogens is 222 g/mol. The van der Waals surface area contributed by atoms with Gasteiger partial charge in [0.1, 0.15) is 0 Å². The first-order valence-corrected chi connectivity index (χ1v) is 7.97. The van der Waals surface area contributed by atoms with Gasteiger partial charge in [0.15, 0.2) is 5.72 Å². The van der Waals surface area contributed by atoms with Crippen LogP contribution in [-0.4, -0.2) is 17.5 Å². The average molecular weight is 253 g/mol. The summed E-state index contributed by atoms with van der Waals surface area (Å²) in [5.74, 6) is 0. The first-order chi connectivity index (χ1) is 8.77. The summed E-state index contributed by atoms with van der Waals surface area (Å²) < 4.78 is 0. The van der Waals surface area contributed by atoms with Crippen LogP contribution in [0.15, 0.2) is 4.99 Å². The summed E-state index contributed by atoms with van der Waals surface area (Å²) in [5, 5.41) is 10.3. The van der Waals surface area contributed by atoms with Crippen LogP contribution in [0.5, 0.6) is 0 Å². The highest BCUT2D eigenvalue weighted by Crippen LogP contribution is 2.24. The van der Waals surface area contributed by atoms with Crippen molar-refractivity contribution >= 4 is 6.72 Å². The molecule has 1 fully saturated rings. The van der Waals surface area contributed by atoms with E-state index in [1.54, 1.807) is 0 Å². The van der Waals surface area contributed by atoms with Crippen molar-refractivity contribution in [2.45, 2.75) is 95.6 Å². The van der Waals surface area contributed by atoms with Crippen molar-refractivity contribution < 1.29 is 5.11 Å². The van der Waals surface area contributed by atoms with E-state index in [2.05, 4.69) is 11.7 Å². The highest BCUT2D eigenvalue weighted by Gasteiger charge is 2.22. The van der Waals surface area contributed by atoms with Gasteiger partial charge in [-0.2, -0.15) is 0 Å². The fourth-order valence-corrected chi connectivity index (χ4v) is 2.87. The van der Waals surface area contributed by atoms with Crippen LogP contribution in [0.2, 0.25) is 0 Å². The number of hydrogen-bond acceptors (Lipinski definition) is 2. The molecule has 0 aromatic carbocycles. The zero-order chi connectivity index (χ0) is 13.1. The first-order valence-electron chi connectivity index (χ1n) is 7.97. The third kappa shape index (κ3) is 7.15. The summed E-state index contributed by atoms with van der Waals surface area (Å²) in [6.07, 6.45) is 17.2. The predicted octanol–water partition coefficient (Wildman–Crippen LogP) is 4.85. The molecule has 0 atom stereocenters. The smallest absolute Gasteiger partial charge is 0.155 e. The van der Waals surface area contributed by atoms with E-state index in [0.717, 1.165) is 25.7 Å². The Labute approximate surface area is 113 Å². The molecule has 0 radical (unpaired) electrons. The van der Waals surface area contributed by atoms with Crippen molar-refractivity contribution in [3.8, 4) is 0 Å². The van der Waals surface area contributed by atoms with E-state index in [1.165, 1.54) is 64.2 Å². The van der Waals surface area contributed by atoms with Crippen molar-refractivity contribution in [3.63, 3.8) is 0 Å². The molecule has 0 bridgehead atoms. The molecule has 1 aliphatic rings. The molecule has 18 heavy (non-hydrogen) atoms. The quantitative estimate of drug-likeness (QED) is 0.666. The van der Waals surface area contributed by atoms with E-state index in [1.807, 2.05) is 0 Å². The number of aliphatic imine (C=N–C) groups is 1. The minimum Gasteiger partial charge on any atom is -0.369 e. The van der Waals surface area contributed by atoms with Gasteiger partial charge in [-0.25, -0.2) is 0 Å². The lowest BCUT2D eigenvalue weighted by Crippen LogP contribution is -2.25. The lowest BCUT2D eigenvalue weighted by Gasteiger charge is -2.23. The number of rotatable bonds is 1. The molecule has 106 valence electrons. The maximum Gasteiger partial charge on any atom is 0.155 e. The van der Waals surface area contributed by atoms with E-state index in [9.17, 15) is 5.11 Å². The van der Waals surface area contributed by atoms with Gasteiger partial charge < -0.3 is 5.11 Å². The Hall–Kier alpha value is -0.370. The van der Waals surface area contributed by atoms with Crippen LogP contribution in [0.25, 0.3) is 0 Å². The molecule has 0 aromatic rings. The van der Waals surface area contributed by atoms with Gasteiger partial charge in [0.25, 0.3) is 0 Å².